The lowest BCUT2D eigenvalue weighted by Gasteiger charge is -1.99. The first kappa shape index (κ1) is 7.03. The highest BCUT2D eigenvalue weighted by Gasteiger charge is 1.95. The average Bonchev–Trinajstić information content (AvgIpc) is 2.17. The van der Waals surface area contributed by atoms with Crippen LogP contribution in [0.2, 0.25) is 0 Å². The van der Waals surface area contributed by atoms with Gasteiger partial charge in [0.05, 0.1) is 12.6 Å². The minimum atomic E-state index is 0.794. The summed E-state index contributed by atoms with van der Waals surface area (Å²) < 4.78 is 5.04. The van der Waals surface area contributed by atoms with Crippen LogP contribution in [0.5, 0.6) is 5.75 Å². The third kappa shape index (κ3) is 1.09. The van der Waals surface area contributed by atoms with Crippen LogP contribution < -0.4 is 4.74 Å². The van der Waals surface area contributed by atoms with Crippen molar-refractivity contribution in [3.63, 3.8) is 0 Å². The molecule has 1 heterocycles. The van der Waals surface area contributed by atoms with E-state index in [1.807, 2.05) is 18.2 Å². The molecule has 0 N–H and O–H groups in total. The fourth-order valence-electron chi connectivity index (χ4n) is 1.04. The van der Waals surface area contributed by atoms with Gasteiger partial charge in [-0.15, -0.1) is 10.2 Å². The Bertz CT molecular complexity index is 400. The summed E-state index contributed by atoms with van der Waals surface area (Å²) in [4.78, 5) is 0. The van der Waals surface area contributed by atoms with Crippen molar-refractivity contribution in [2.45, 2.75) is 0 Å². The van der Waals surface area contributed by atoms with Crippen LogP contribution in [-0.4, -0.2) is 17.3 Å². The van der Waals surface area contributed by atoms with Crippen LogP contribution in [0, 0.1) is 6.20 Å². The third-order valence-corrected chi connectivity index (χ3v) is 1.67. The fraction of sp³-hybridized carbons (Fsp3) is 0.111. The number of nitrogens with zero attached hydrogens (tertiary/aromatic N) is 2. The third-order valence-electron chi connectivity index (χ3n) is 1.67. The molecule has 0 amide bonds. The predicted octanol–water partition coefficient (Wildman–Crippen LogP) is 1.44. The fourth-order valence-corrected chi connectivity index (χ4v) is 1.04. The molecule has 2 rings (SSSR count). The molecular weight excluding hydrogens is 152 g/mol. The number of benzene rings is 1. The number of fused-ring (bicyclic) bond motifs is 1. The van der Waals surface area contributed by atoms with E-state index in [1.54, 1.807) is 13.2 Å². The normalized spacial score (nSPS) is 10.1. The topological polar surface area (TPSA) is 35.0 Å². The molecule has 3 heteroatoms. The number of methoxy groups -OCH3 is 1. The van der Waals surface area contributed by atoms with E-state index in [-0.39, 0.29) is 0 Å². The first-order valence-corrected chi connectivity index (χ1v) is 3.57. The zero-order valence-corrected chi connectivity index (χ0v) is 6.61. The first-order chi connectivity index (χ1) is 5.90. The van der Waals surface area contributed by atoms with Gasteiger partial charge in [-0.3, -0.25) is 0 Å². The van der Waals surface area contributed by atoms with Crippen LogP contribution in [0.15, 0.2) is 24.3 Å². The highest BCUT2D eigenvalue weighted by Crippen LogP contribution is 2.16. The van der Waals surface area contributed by atoms with Crippen molar-refractivity contribution in [3.05, 3.63) is 30.5 Å². The summed E-state index contributed by atoms with van der Waals surface area (Å²) in [5.41, 5.74) is 0.827. The van der Waals surface area contributed by atoms with Gasteiger partial charge in [0, 0.05) is 11.5 Å². The Morgan fingerprint density at radius 3 is 3.17 bits per heavy atom. The molecule has 0 aliphatic heterocycles. The maximum Gasteiger partial charge on any atom is 0.121 e. The molecule has 0 saturated heterocycles. The van der Waals surface area contributed by atoms with Crippen molar-refractivity contribution in [1.82, 2.24) is 10.2 Å². The summed E-state index contributed by atoms with van der Waals surface area (Å²) in [6.45, 7) is 0. The van der Waals surface area contributed by atoms with Gasteiger partial charge in [0.25, 0.3) is 0 Å². The van der Waals surface area contributed by atoms with Gasteiger partial charge in [0.2, 0.25) is 0 Å². The summed E-state index contributed by atoms with van der Waals surface area (Å²) in [6, 6.07) is 7.45. The number of aromatic nitrogens is 2. The summed E-state index contributed by atoms with van der Waals surface area (Å²) in [5.74, 6) is 0.794. The molecule has 12 heavy (non-hydrogen) atoms. The van der Waals surface area contributed by atoms with Crippen molar-refractivity contribution >= 4 is 10.9 Å². The second-order valence-electron chi connectivity index (χ2n) is 2.40. The van der Waals surface area contributed by atoms with Crippen molar-refractivity contribution in [3.8, 4) is 5.75 Å². The minimum Gasteiger partial charge on any atom is -0.497 e. The maximum atomic E-state index is 5.04. The summed E-state index contributed by atoms with van der Waals surface area (Å²) in [5, 5.41) is 8.58. The molecule has 1 aromatic carbocycles. The van der Waals surface area contributed by atoms with Crippen LogP contribution in [0.1, 0.15) is 0 Å². The first-order valence-electron chi connectivity index (χ1n) is 3.57. The smallest absolute Gasteiger partial charge is 0.121 e. The Morgan fingerprint density at radius 1 is 1.42 bits per heavy atom. The van der Waals surface area contributed by atoms with Crippen molar-refractivity contribution in [2.75, 3.05) is 7.11 Å². The van der Waals surface area contributed by atoms with E-state index in [9.17, 15) is 0 Å². The van der Waals surface area contributed by atoms with E-state index in [0.29, 0.717) is 0 Å². The molecule has 0 aliphatic rings. The van der Waals surface area contributed by atoms with Crippen LogP contribution >= 0.6 is 0 Å². The maximum absolute atomic E-state index is 5.04. The molecule has 0 bridgehead atoms. The number of hydrogen-bond donors (Lipinski definition) is 0. The Morgan fingerprint density at radius 2 is 2.33 bits per heavy atom. The largest absolute Gasteiger partial charge is 0.497 e. The molecule has 0 saturated carbocycles. The minimum absolute atomic E-state index is 0.794. The zero-order chi connectivity index (χ0) is 8.39. The summed E-state index contributed by atoms with van der Waals surface area (Å²) >= 11 is 0. The molecule has 1 radical (unpaired) electrons. The quantitative estimate of drug-likeness (QED) is 0.631. The molecule has 0 spiro atoms. The zero-order valence-electron chi connectivity index (χ0n) is 6.61. The molecule has 2 aromatic rings. The van der Waals surface area contributed by atoms with Gasteiger partial charge in [0.1, 0.15) is 11.9 Å². The predicted molar refractivity (Wildman–Crippen MR) is 44.9 cm³/mol. The van der Waals surface area contributed by atoms with E-state index >= 15 is 0 Å². The van der Waals surface area contributed by atoms with E-state index in [2.05, 4.69) is 16.4 Å². The molecule has 3 nitrogen and oxygen atoms in total. The lowest BCUT2D eigenvalue weighted by molar-refractivity contribution is 0.415. The molecule has 0 atom stereocenters. The van der Waals surface area contributed by atoms with E-state index in [1.165, 1.54) is 0 Å². The Balaban J connectivity index is 2.67. The van der Waals surface area contributed by atoms with Gasteiger partial charge < -0.3 is 4.74 Å². The van der Waals surface area contributed by atoms with Crippen molar-refractivity contribution < 1.29 is 4.74 Å². The monoisotopic (exact) mass is 159 g/mol. The lowest BCUT2D eigenvalue weighted by Crippen LogP contribution is -1.85. The van der Waals surface area contributed by atoms with E-state index < -0.39 is 0 Å². The standard InChI is InChI=1S/C9H7N2O/c1-12-8-3-2-7-4-5-10-11-9(7)6-8/h2-4,6H,1H3. The van der Waals surface area contributed by atoms with Gasteiger partial charge >= 0.3 is 0 Å². The Kier molecular flexibility index (Phi) is 1.63. The Labute approximate surface area is 70.0 Å². The number of ether oxygens (including phenoxy) is 1. The van der Waals surface area contributed by atoms with Crippen LogP contribution in [0.4, 0.5) is 0 Å². The lowest BCUT2D eigenvalue weighted by atomic mass is 10.2. The van der Waals surface area contributed by atoms with E-state index in [0.717, 1.165) is 16.7 Å². The van der Waals surface area contributed by atoms with Crippen LogP contribution in [-0.2, 0) is 0 Å². The molecule has 0 unspecified atom stereocenters. The van der Waals surface area contributed by atoms with Gasteiger partial charge in [-0.2, -0.15) is 0 Å². The van der Waals surface area contributed by atoms with Gasteiger partial charge in [-0.05, 0) is 18.2 Å². The summed E-state index contributed by atoms with van der Waals surface area (Å²) in [7, 11) is 1.63. The number of hydrogen-bond acceptors (Lipinski definition) is 3. The van der Waals surface area contributed by atoms with E-state index in [4.69, 9.17) is 4.74 Å². The van der Waals surface area contributed by atoms with Gasteiger partial charge in [0.15, 0.2) is 0 Å². The highest BCUT2D eigenvalue weighted by molar-refractivity contribution is 5.78. The average molecular weight is 159 g/mol. The van der Waals surface area contributed by atoms with Crippen molar-refractivity contribution in [1.29, 1.82) is 0 Å². The molecule has 0 aliphatic carbocycles. The van der Waals surface area contributed by atoms with Crippen LogP contribution in [0.25, 0.3) is 10.9 Å². The molecule has 0 fully saturated rings. The summed E-state index contributed by atoms with van der Waals surface area (Å²) in [6.07, 6.45) is 2.67. The molecule has 1 aromatic heterocycles. The molecule has 59 valence electrons. The SMILES string of the molecule is COc1ccc2c[c]nnc2c1. The van der Waals surface area contributed by atoms with Gasteiger partial charge in [-0.25, -0.2) is 0 Å². The van der Waals surface area contributed by atoms with Gasteiger partial charge in [-0.1, -0.05) is 0 Å². The molecular formula is C9H7N2O. The van der Waals surface area contributed by atoms with Crippen LogP contribution in [0.3, 0.4) is 0 Å². The second-order valence-corrected chi connectivity index (χ2v) is 2.40. The highest BCUT2D eigenvalue weighted by atomic mass is 16.5. The Hall–Kier alpha value is -1.64. The second kappa shape index (κ2) is 2.77. The number of rotatable bonds is 1. The van der Waals surface area contributed by atoms with Crippen molar-refractivity contribution in [2.24, 2.45) is 0 Å².